The molecular weight excluding hydrogens is 344 g/mol. The van der Waals surface area contributed by atoms with Crippen LogP contribution in [0.2, 0.25) is 0 Å². The van der Waals surface area contributed by atoms with Crippen LogP contribution in [0.1, 0.15) is 31.5 Å². The van der Waals surface area contributed by atoms with E-state index in [0.29, 0.717) is 41.3 Å². The van der Waals surface area contributed by atoms with Crippen LogP contribution in [0, 0.1) is 6.92 Å². The second-order valence-corrected chi connectivity index (χ2v) is 7.13. The molecule has 0 saturated carbocycles. The first kappa shape index (κ1) is 18.9. The number of nitrogens with one attached hydrogen (secondary N) is 1. The number of para-hydroxylation sites is 1. The lowest BCUT2D eigenvalue weighted by Gasteiger charge is -2.17. The van der Waals surface area contributed by atoms with Gasteiger partial charge in [-0.3, -0.25) is 4.79 Å². The second-order valence-electron chi connectivity index (χ2n) is 7.13. The summed E-state index contributed by atoms with van der Waals surface area (Å²) in [5.41, 5.74) is 1.36. The molecular formula is C21H24N2O4. The summed E-state index contributed by atoms with van der Waals surface area (Å²) in [6, 6.07) is 10.8. The third-order valence-electron chi connectivity index (χ3n) is 4.30. The van der Waals surface area contributed by atoms with Crippen LogP contribution in [0.5, 0.6) is 11.6 Å². The van der Waals surface area contributed by atoms with Crippen LogP contribution in [0.25, 0.3) is 10.9 Å². The summed E-state index contributed by atoms with van der Waals surface area (Å²) in [7, 11) is 0. The van der Waals surface area contributed by atoms with Crippen LogP contribution in [-0.2, 0) is 6.61 Å². The molecule has 3 rings (SSSR count). The molecule has 0 bridgehead atoms. The summed E-state index contributed by atoms with van der Waals surface area (Å²) >= 11 is 0. The molecule has 0 unspecified atom stereocenters. The molecule has 0 spiro atoms. The predicted octanol–water partition coefficient (Wildman–Crippen LogP) is 3.35. The van der Waals surface area contributed by atoms with E-state index in [1.54, 1.807) is 39.1 Å². The monoisotopic (exact) mass is 368 g/mol. The number of aromatic nitrogens is 2. The van der Waals surface area contributed by atoms with Crippen molar-refractivity contribution in [2.75, 3.05) is 6.61 Å². The number of benzene rings is 1. The lowest BCUT2D eigenvalue weighted by Crippen LogP contribution is -2.21. The van der Waals surface area contributed by atoms with Gasteiger partial charge in [0.1, 0.15) is 12.4 Å². The van der Waals surface area contributed by atoms with Gasteiger partial charge in [-0.25, -0.2) is 4.98 Å². The SMILES string of the molecule is Cc1c(COc2cc(OCCC(C)(C)O)ccn2)[nH]c2ccccc2c1=O. The maximum absolute atomic E-state index is 12.5. The van der Waals surface area contributed by atoms with E-state index < -0.39 is 5.60 Å². The van der Waals surface area contributed by atoms with Crippen LogP contribution in [0.3, 0.4) is 0 Å². The molecule has 2 aromatic heterocycles. The van der Waals surface area contributed by atoms with Crippen molar-refractivity contribution in [1.82, 2.24) is 9.97 Å². The highest BCUT2D eigenvalue weighted by atomic mass is 16.5. The molecule has 2 N–H and O–H groups in total. The van der Waals surface area contributed by atoms with E-state index in [2.05, 4.69) is 9.97 Å². The molecule has 6 heteroatoms. The van der Waals surface area contributed by atoms with Gasteiger partial charge >= 0.3 is 0 Å². The van der Waals surface area contributed by atoms with Crippen molar-refractivity contribution in [1.29, 1.82) is 0 Å². The summed E-state index contributed by atoms with van der Waals surface area (Å²) in [6.07, 6.45) is 2.12. The summed E-state index contributed by atoms with van der Waals surface area (Å²) in [5.74, 6) is 1.03. The zero-order valence-electron chi connectivity index (χ0n) is 15.8. The van der Waals surface area contributed by atoms with E-state index in [0.717, 1.165) is 5.52 Å². The first-order valence-electron chi connectivity index (χ1n) is 8.88. The Morgan fingerprint density at radius 1 is 1.19 bits per heavy atom. The van der Waals surface area contributed by atoms with Crippen molar-refractivity contribution >= 4 is 10.9 Å². The van der Waals surface area contributed by atoms with Crippen molar-refractivity contribution in [2.45, 2.75) is 39.4 Å². The van der Waals surface area contributed by atoms with E-state index in [1.807, 2.05) is 24.3 Å². The third-order valence-corrected chi connectivity index (χ3v) is 4.30. The summed E-state index contributed by atoms with van der Waals surface area (Å²) in [6.45, 7) is 5.86. The number of ether oxygens (including phenoxy) is 2. The Bertz CT molecular complexity index is 989. The Kier molecular flexibility index (Phi) is 5.46. The minimum Gasteiger partial charge on any atom is -0.493 e. The normalized spacial score (nSPS) is 11.6. The molecule has 0 atom stereocenters. The first-order valence-corrected chi connectivity index (χ1v) is 8.88. The molecule has 0 aliphatic carbocycles. The number of nitrogens with zero attached hydrogens (tertiary/aromatic N) is 1. The Morgan fingerprint density at radius 3 is 2.74 bits per heavy atom. The van der Waals surface area contributed by atoms with Crippen molar-refractivity contribution in [3.05, 3.63) is 64.1 Å². The molecule has 1 aromatic carbocycles. The van der Waals surface area contributed by atoms with Gasteiger partial charge in [-0.05, 0) is 39.0 Å². The van der Waals surface area contributed by atoms with Crippen LogP contribution >= 0.6 is 0 Å². The van der Waals surface area contributed by atoms with Gasteiger partial charge in [0.15, 0.2) is 5.43 Å². The zero-order valence-corrected chi connectivity index (χ0v) is 15.8. The minimum atomic E-state index is -0.772. The van der Waals surface area contributed by atoms with Crippen molar-refractivity contribution in [2.24, 2.45) is 0 Å². The summed E-state index contributed by atoms with van der Waals surface area (Å²) in [5, 5.41) is 10.4. The molecule has 0 saturated heterocycles. The fourth-order valence-corrected chi connectivity index (χ4v) is 2.65. The lowest BCUT2D eigenvalue weighted by atomic mass is 10.1. The number of hydrogen-bond donors (Lipinski definition) is 2. The van der Waals surface area contributed by atoms with Gasteiger partial charge in [0.2, 0.25) is 5.88 Å². The molecule has 0 radical (unpaired) electrons. The van der Waals surface area contributed by atoms with Crippen LogP contribution in [0.4, 0.5) is 0 Å². The number of aliphatic hydroxyl groups is 1. The van der Waals surface area contributed by atoms with Crippen LogP contribution in [0.15, 0.2) is 47.4 Å². The fourth-order valence-electron chi connectivity index (χ4n) is 2.65. The third kappa shape index (κ3) is 4.86. The van der Waals surface area contributed by atoms with Gasteiger partial charge < -0.3 is 19.6 Å². The number of hydrogen-bond acceptors (Lipinski definition) is 5. The quantitative estimate of drug-likeness (QED) is 0.668. The predicted molar refractivity (Wildman–Crippen MR) is 104 cm³/mol. The Labute approximate surface area is 157 Å². The average Bonchev–Trinajstić information content (AvgIpc) is 2.63. The number of H-pyrrole nitrogens is 1. The van der Waals surface area contributed by atoms with Gasteiger partial charge in [-0.1, -0.05) is 12.1 Å². The van der Waals surface area contributed by atoms with E-state index in [-0.39, 0.29) is 12.0 Å². The summed E-state index contributed by atoms with van der Waals surface area (Å²) in [4.78, 5) is 19.9. The first-order chi connectivity index (χ1) is 12.8. The van der Waals surface area contributed by atoms with Crippen LogP contribution < -0.4 is 14.9 Å². The van der Waals surface area contributed by atoms with E-state index in [9.17, 15) is 9.90 Å². The Morgan fingerprint density at radius 2 is 1.96 bits per heavy atom. The number of pyridine rings is 2. The highest BCUT2D eigenvalue weighted by Crippen LogP contribution is 2.19. The van der Waals surface area contributed by atoms with Gasteiger partial charge in [-0.15, -0.1) is 0 Å². The molecule has 3 aromatic rings. The smallest absolute Gasteiger partial charge is 0.217 e. The summed E-state index contributed by atoms with van der Waals surface area (Å²) < 4.78 is 11.4. The Balaban J connectivity index is 1.70. The van der Waals surface area contributed by atoms with Gasteiger partial charge in [0, 0.05) is 35.2 Å². The van der Waals surface area contributed by atoms with Crippen molar-refractivity contribution in [3.63, 3.8) is 0 Å². The molecule has 142 valence electrons. The molecule has 0 fully saturated rings. The highest BCUT2D eigenvalue weighted by molar-refractivity contribution is 5.79. The maximum Gasteiger partial charge on any atom is 0.217 e. The Hall–Kier alpha value is -2.86. The minimum absolute atomic E-state index is 0.000360. The molecule has 6 nitrogen and oxygen atoms in total. The van der Waals surface area contributed by atoms with E-state index in [1.165, 1.54) is 0 Å². The van der Waals surface area contributed by atoms with Crippen molar-refractivity contribution < 1.29 is 14.6 Å². The molecule has 27 heavy (non-hydrogen) atoms. The second kappa shape index (κ2) is 7.80. The van der Waals surface area contributed by atoms with Gasteiger partial charge in [0.25, 0.3) is 0 Å². The maximum atomic E-state index is 12.5. The van der Waals surface area contributed by atoms with Crippen molar-refractivity contribution in [3.8, 4) is 11.6 Å². The molecule has 0 aliphatic rings. The standard InChI is InChI=1S/C21H24N2O4/c1-14-18(23-17-7-5-4-6-16(17)20(14)24)13-27-19-12-15(8-10-22-19)26-11-9-21(2,3)25/h4-8,10,12,25H,9,11,13H2,1-3H3,(H,23,24). The van der Waals surface area contributed by atoms with Crippen LogP contribution in [-0.4, -0.2) is 27.3 Å². The number of aromatic amines is 1. The van der Waals surface area contributed by atoms with Gasteiger partial charge in [-0.2, -0.15) is 0 Å². The fraction of sp³-hybridized carbons (Fsp3) is 0.333. The van der Waals surface area contributed by atoms with Gasteiger partial charge in [0.05, 0.1) is 17.9 Å². The number of rotatable bonds is 7. The zero-order chi connectivity index (χ0) is 19.4. The molecule has 2 heterocycles. The van der Waals surface area contributed by atoms with E-state index in [4.69, 9.17) is 9.47 Å². The highest BCUT2D eigenvalue weighted by Gasteiger charge is 2.13. The lowest BCUT2D eigenvalue weighted by molar-refractivity contribution is 0.0553. The number of fused-ring (bicyclic) bond motifs is 1. The van der Waals surface area contributed by atoms with E-state index >= 15 is 0 Å². The largest absolute Gasteiger partial charge is 0.493 e. The molecule has 0 amide bonds. The topological polar surface area (TPSA) is 84.4 Å². The molecule has 0 aliphatic heterocycles. The average molecular weight is 368 g/mol.